The van der Waals surface area contributed by atoms with E-state index in [0.717, 1.165) is 25.9 Å². The Bertz CT molecular complexity index is 295. The SMILES string of the molecule is C=S(C)(=O)NC1CCN(C(C)(C)C)CC1. The summed E-state index contributed by atoms with van der Waals surface area (Å²) in [6.45, 7) is 8.88. The van der Waals surface area contributed by atoms with Gasteiger partial charge in [-0.25, -0.2) is 4.72 Å². The molecule has 4 heteroatoms. The maximum Gasteiger partial charge on any atom is 0.0222 e. The first kappa shape index (κ1) is 13.0. The fourth-order valence-corrected chi connectivity index (χ4v) is 2.96. The van der Waals surface area contributed by atoms with E-state index < -0.39 is 9.71 Å². The molecule has 0 aliphatic carbocycles. The molecule has 0 radical (unpaired) electrons. The van der Waals surface area contributed by atoms with Crippen molar-refractivity contribution in [2.75, 3.05) is 19.3 Å². The Hall–Kier alpha value is -0.0600. The Kier molecular flexibility index (Phi) is 3.85. The van der Waals surface area contributed by atoms with E-state index in [1.807, 2.05) is 0 Å². The quantitative estimate of drug-likeness (QED) is 0.723. The molecule has 1 unspecified atom stereocenters. The number of hydrogen-bond acceptors (Lipinski definition) is 2. The van der Waals surface area contributed by atoms with Crippen LogP contribution in [0.1, 0.15) is 33.6 Å². The summed E-state index contributed by atoms with van der Waals surface area (Å²) in [7, 11) is -2.05. The van der Waals surface area contributed by atoms with Crippen LogP contribution in [-0.2, 0) is 9.71 Å². The predicted molar refractivity (Wildman–Crippen MR) is 68.7 cm³/mol. The van der Waals surface area contributed by atoms with Crippen molar-refractivity contribution in [3.05, 3.63) is 0 Å². The molecule has 1 heterocycles. The molecule has 1 aliphatic rings. The second-order valence-electron chi connectivity index (χ2n) is 5.55. The lowest BCUT2D eigenvalue weighted by Gasteiger charge is -2.41. The van der Waals surface area contributed by atoms with E-state index >= 15 is 0 Å². The van der Waals surface area contributed by atoms with E-state index in [2.05, 4.69) is 36.3 Å². The van der Waals surface area contributed by atoms with Gasteiger partial charge in [0.25, 0.3) is 0 Å². The van der Waals surface area contributed by atoms with Crippen molar-refractivity contribution in [2.45, 2.75) is 45.2 Å². The third-order valence-corrected chi connectivity index (χ3v) is 3.69. The molecule has 0 aromatic rings. The largest absolute Gasteiger partial charge is 0.298 e. The minimum Gasteiger partial charge on any atom is -0.298 e. The van der Waals surface area contributed by atoms with Crippen molar-refractivity contribution < 1.29 is 4.21 Å². The smallest absolute Gasteiger partial charge is 0.0222 e. The van der Waals surface area contributed by atoms with Gasteiger partial charge in [0.05, 0.1) is 0 Å². The maximum absolute atomic E-state index is 11.5. The molecular weight excluding hydrogens is 208 g/mol. The monoisotopic (exact) mass is 232 g/mol. The van der Waals surface area contributed by atoms with Crippen LogP contribution in [0.2, 0.25) is 0 Å². The average molecular weight is 232 g/mol. The van der Waals surface area contributed by atoms with Gasteiger partial charge in [0.1, 0.15) is 0 Å². The summed E-state index contributed by atoms with van der Waals surface area (Å²) in [5, 5.41) is 0. The van der Waals surface area contributed by atoms with E-state index in [1.165, 1.54) is 0 Å². The second kappa shape index (κ2) is 4.44. The number of nitrogens with zero attached hydrogens (tertiary/aromatic N) is 1. The fraction of sp³-hybridized carbons (Fsp3) is 0.909. The van der Waals surface area contributed by atoms with Crippen molar-refractivity contribution >= 4 is 15.6 Å². The van der Waals surface area contributed by atoms with Crippen LogP contribution in [0.3, 0.4) is 0 Å². The molecule has 90 valence electrons. The van der Waals surface area contributed by atoms with Gasteiger partial charge in [-0.15, -0.1) is 0 Å². The Balaban J connectivity index is 2.43. The van der Waals surface area contributed by atoms with E-state index in [1.54, 1.807) is 6.26 Å². The van der Waals surface area contributed by atoms with Crippen molar-refractivity contribution in [2.24, 2.45) is 0 Å². The van der Waals surface area contributed by atoms with Crippen LogP contribution in [0.25, 0.3) is 0 Å². The highest BCUT2D eigenvalue weighted by molar-refractivity contribution is 7.97. The Morgan fingerprint density at radius 2 is 1.80 bits per heavy atom. The Labute approximate surface area is 94.4 Å². The van der Waals surface area contributed by atoms with Gasteiger partial charge in [-0.05, 0) is 39.5 Å². The first-order valence-corrected chi connectivity index (χ1v) is 7.66. The number of rotatable bonds is 2. The van der Waals surface area contributed by atoms with Gasteiger partial charge in [0.15, 0.2) is 0 Å². The Morgan fingerprint density at radius 3 is 2.13 bits per heavy atom. The molecule has 0 saturated carbocycles. The Morgan fingerprint density at radius 1 is 1.33 bits per heavy atom. The second-order valence-corrected chi connectivity index (χ2v) is 7.80. The molecule has 3 nitrogen and oxygen atoms in total. The zero-order valence-electron chi connectivity index (χ0n) is 10.4. The highest BCUT2D eigenvalue weighted by Crippen LogP contribution is 2.20. The van der Waals surface area contributed by atoms with E-state index in [4.69, 9.17) is 0 Å². The van der Waals surface area contributed by atoms with E-state index in [9.17, 15) is 4.21 Å². The zero-order valence-corrected chi connectivity index (χ0v) is 11.2. The lowest BCUT2D eigenvalue weighted by Crippen LogP contribution is -2.50. The molecule has 0 bridgehead atoms. The van der Waals surface area contributed by atoms with Crippen LogP contribution >= 0.6 is 0 Å². The summed E-state index contributed by atoms with van der Waals surface area (Å²) in [6.07, 6.45) is 3.80. The molecule has 0 spiro atoms. The van der Waals surface area contributed by atoms with Crippen LogP contribution in [0, 0.1) is 0 Å². The van der Waals surface area contributed by atoms with Crippen molar-refractivity contribution in [1.82, 2.24) is 9.62 Å². The average Bonchev–Trinajstić information content (AvgIpc) is 2.00. The molecule has 0 amide bonds. The van der Waals surface area contributed by atoms with Crippen LogP contribution in [0.4, 0.5) is 0 Å². The summed E-state index contributed by atoms with van der Waals surface area (Å²) in [5.74, 6) is 3.64. The van der Waals surface area contributed by atoms with Gasteiger partial charge in [0, 0.05) is 40.6 Å². The highest BCUT2D eigenvalue weighted by atomic mass is 32.2. The number of nitrogens with one attached hydrogen (secondary N) is 1. The van der Waals surface area contributed by atoms with Crippen molar-refractivity contribution in [3.63, 3.8) is 0 Å². The van der Waals surface area contributed by atoms with E-state index in [-0.39, 0.29) is 5.54 Å². The van der Waals surface area contributed by atoms with Gasteiger partial charge >= 0.3 is 0 Å². The molecule has 1 atom stereocenters. The number of likely N-dealkylation sites (tertiary alicyclic amines) is 1. The summed E-state index contributed by atoms with van der Waals surface area (Å²) in [6, 6.07) is 0.374. The molecule has 0 aromatic heterocycles. The van der Waals surface area contributed by atoms with Gasteiger partial charge in [0.2, 0.25) is 0 Å². The summed E-state index contributed by atoms with van der Waals surface area (Å²) < 4.78 is 14.6. The topological polar surface area (TPSA) is 32.3 Å². The molecule has 1 N–H and O–H groups in total. The first-order valence-electron chi connectivity index (χ1n) is 5.53. The van der Waals surface area contributed by atoms with Gasteiger partial charge in [-0.2, -0.15) is 0 Å². The van der Waals surface area contributed by atoms with Gasteiger partial charge in [-0.1, -0.05) is 0 Å². The lowest BCUT2D eigenvalue weighted by molar-refractivity contribution is 0.101. The number of piperidine rings is 1. The summed E-state index contributed by atoms with van der Waals surface area (Å²) in [5.41, 5.74) is 0.253. The molecular formula is C11H24N2OS. The van der Waals surface area contributed by atoms with E-state index in [0.29, 0.717) is 6.04 Å². The van der Waals surface area contributed by atoms with Crippen molar-refractivity contribution in [1.29, 1.82) is 0 Å². The fourth-order valence-electron chi connectivity index (χ4n) is 2.02. The summed E-state index contributed by atoms with van der Waals surface area (Å²) in [4.78, 5) is 2.48. The van der Waals surface area contributed by atoms with Crippen LogP contribution in [0.5, 0.6) is 0 Å². The van der Waals surface area contributed by atoms with Crippen LogP contribution in [-0.4, -0.2) is 45.9 Å². The zero-order chi connectivity index (χ0) is 11.7. The minimum atomic E-state index is -2.05. The third-order valence-electron chi connectivity index (χ3n) is 2.86. The lowest BCUT2D eigenvalue weighted by atomic mass is 9.99. The molecule has 1 saturated heterocycles. The van der Waals surface area contributed by atoms with Crippen LogP contribution < -0.4 is 4.72 Å². The number of hydrogen-bond donors (Lipinski definition) is 1. The first-order chi connectivity index (χ1) is 6.68. The third kappa shape index (κ3) is 4.53. The molecule has 15 heavy (non-hydrogen) atoms. The van der Waals surface area contributed by atoms with Crippen molar-refractivity contribution in [3.8, 4) is 0 Å². The van der Waals surface area contributed by atoms with Gasteiger partial charge < -0.3 is 0 Å². The predicted octanol–water partition coefficient (Wildman–Crippen LogP) is 1.10. The van der Waals surface area contributed by atoms with Crippen LogP contribution in [0.15, 0.2) is 0 Å². The molecule has 0 aromatic carbocycles. The molecule has 1 rings (SSSR count). The normalized spacial score (nSPS) is 25.1. The minimum absolute atomic E-state index is 0.253. The van der Waals surface area contributed by atoms with Gasteiger partial charge in [-0.3, -0.25) is 9.11 Å². The maximum atomic E-state index is 11.5. The summed E-state index contributed by atoms with van der Waals surface area (Å²) >= 11 is 0. The molecule has 1 aliphatic heterocycles. The highest BCUT2D eigenvalue weighted by Gasteiger charge is 2.27. The standard InChI is InChI=1S/C11H24N2OS/c1-11(2,3)13-8-6-10(7-9-13)12-15(4,5)14/h10H,4,6-9H2,1-3,5H3,(H,12,14). The molecule has 1 fully saturated rings.